The van der Waals surface area contributed by atoms with E-state index in [1.165, 1.54) is 6.07 Å². The number of halogens is 3. The van der Waals surface area contributed by atoms with Crippen LogP contribution in [-0.4, -0.2) is 6.54 Å². The van der Waals surface area contributed by atoms with E-state index in [1.807, 2.05) is 12.1 Å². The molecule has 0 amide bonds. The summed E-state index contributed by atoms with van der Waals surface area (Å²) in [5.74, 6) is 0.685. The van der Waals surface area contributed by atoms with Gasteiger partial charge in [-0.15, -0.1) is 0 Å². The zero-order valence-corrected chi connectivity index (χ0v) is 12.7. The number of benzene rings is 1. The van der Waals surface area contributed by atoms with Crippen LogP contribution >= 0.6 is 31.9 Å². The number of hydrogen-bond acceptors (Lipinski definition) is 2. The Morgan fingerprint density at radius 2 is 2.00 bits per heavy atom. The molecule has 96 valence electrons. The molecular formula is C13H12Br2FNO. The van der Waals surface area contributed by atoms with E-state index in [9.17, 15) is 4.39 Å². The molecule has 0 aliphatic rings. The Bertz CT molecular complexity index is 508. The summed E-state index contributed by atoms with van der Waals surface area (Å²) < 4.78 is 20.3. The average molecular weight is 377 g/mol. The molecule has 0 bridgehead atoms. The first-order chi connectivity index (χ1) is 8.66. The minimum absolute atomic E-state index is 0.150. The summed E-state index contributed by atoms with van der Waals surface area (Å²) >= 11 is 6.63. The minimum Gasteiger partial charge on any atom is -0.452 e. The van der Waals surface area contributed by atoms with Crippen molar-refractivity contribution in [3.63, 3.8) is 0 Å². The van der Waals surface area contributed by atoms with Gasteiger partial charge in [-0.05, 0) is 62.5 Å². The van der Waals surface area contributed by atoms with Crippen molar-refractivity contribution >= 4 is 31.9 Å². The van der Waals surface area contributed by atoms with Gasteiger partial charge in [0.15, 0.2) is 4.67 Å². The number of nitrogens with one attached hydrogen (secondary N) is 1. The third-order valence-electron chi connectivity index (χ3n) is 2.52. The topological polar surface area (TPSA) is 25.2 Å². The summed E-state index contributed by atoms with van der Waals surface area (Å²) in [7, 11) is 0. The maximum atomic E-state index is 13.3. The quantitative estimate of drug-likeness (QED) is 0.788. The largest absolute Gasteiger partial charge is 0.452 e. The van der Waals surface area contributed by atoms with Crippen LogP contribution in [0.4, 0.5) is 4.39 Å². The highest BCUT2D eigenvalue weighted by Gasteiger charge is 2.05. The van der Waals surface area contributed by atoms with Gasteiger partial charge in [0.05, 0.1) is 11.0 Å². The van der Waals surface area contributed by atoms with E-state index in [4.69, 9.17) is 4.42 Å². The molecule has 5 heteroatoms. The van der Waals surface area contributed by atoms with Crippen molar-refractivity contribution in [3.8, 4) is 0 Å². The molecule has 0 radical (unpaired) electrons. The van der Waals surface area contributed by atoms with Gasteiger partial charge in [0.1, 0.15) is 11.6 Å². The van der Waals surface area contributed by atoms with Gasteiger partial charge >= 0.3 is 0 Å². The van der Waals surface area contributed by atoms with Crippen LogP contribution in [0.5, 0.6) is 0 Å². The van der Waals surface area contributed by atoms with E-state index in [0.29, 0.717) is 24.2 Å². The first-order valence-corrected chi connectivity index (χ1v) is 7.13. The monoisotopic (exact) mass is 375 g/mol. The molecule has 0 aliphatic carbocycles. The molecule has 0 spiro atoms. The van der Waals surface area contributed by atoms with Crippen molar-refractivity contribution in [1.82, 2.24) is 5.32 Å². The summed E-state index contributed by atoms with van der Waals surface area (Å²) in [6, 6.07) is 8.73. The SMILES string of the molecule is Fc1ccccc1CCNCc1cc(Br)c(Br)o1. The molecule has 2 aromatic rings. The van der Waals surface area contributed by atoms with Crippen LogP contribution in [-0.2, 0) is 13.0 Å². The predicted molar refractivity (Wildman–Crippen MR) is 75.9 cm³/mol. The standard InChI is InChI=1S/C13H12Br2FNO/c14-11-7-10(18-13(11)15)8-17-6-5-9-3-1-2-4-12(9)16/h1-4,7,17H,5-6,8H2. The van der Waals surface area contributed by atoms with Gasteiger partial charge in [-0.2, -0.15) is 0 Å². The molecule has 0 fully saturated rings. The zero-order chi connectivity index (χ0) is 13.0. The smallest absolute Gasteiger partial charge is 0.183 e. The van der Waals surface area contributed by atoms with Crippen molar-refractivity contribution < 1.29 is 8.81 Å². The summed E-state index contributed by atoms with van der Waals surface area (Å²) in [6.45, 7) is 1.33. The molecule has 0 saturated heterocycles. The van der Waals surface area contributed by atoms with Crippen LogP contribution in [0.15, 0.2) is 43.9 Å². The molecule has 0 unspecified atom stereocenters. The number of rotatable bonds is 5. The van der Waals surface area contributed by atoms with E-state index in [-0.39, 0.29) is 5.82 Å². The van der Waals surface area contributed by atoms with E-state index in [1.54, 1.807) is 12.1 Å². The Balaban J connectivity index is 1.78. The highest BCUT2D eigenvalue weighted by molar-refractivity contribution is 9.13. The van der Waals surface area contributed by atoms with Gasteiger partial charge in [-0.25, -0.2) is 4.39 Å². The normalized spacial score (nSPS) is 10.8. The number of furan rings is 1. The van der Waals surface area contributed by atoms with E-state index < -0.39 is 0 Å². The van der Waals surface area contributed by atoms with E-state index in [0.717, 1.165) is 15.8 Å². The van der Waals surface area contributed by atoms with Gasteiger partial charge in [-0.1, -0.05) is 18.2 Å². The third kappa shape index (κ3) is 3.67. The number of hydrogen-bond donors (Lipinski definition) is 1. The Labute approximate surface area is 122 Å². The molecule has 0 aliphatic heterocycles. The second kappa shape index (κ2) is 6.50. The first-order valence-electron chi connectivity index (χ1n) is 5.54. The highest BCUT2D eigenvalue weighted by Crippen LogP contribution is 2.26. The Morgan fingerprint density at radius 1 is 1.22 bits per heavy atom. The van der Waals surface area contributed by atoms with Crippen molar-refractivity contribution in [2.45, 2.75) is 13.0 Å². The lowest BCUT2D eigenvalue weighted by molar-refractivity contribution is 0.465. The van der Waals surface area contributed by atoms with Crippen molar-refractivity contribution in [2.75, 3.05) is 6.54 Å². The molecule has 18 heavy (non-hydrogen) atoms. The molecule has 0 atom stereocenters. The van der Waals surface area contributed by atoms with Crippen molar-refractivity contribution in [3.05, 3.63) is 56.6 Å². The molecular weight excluding hydrogens is 365 g/mol. The fourth-order valence-electron chi connectivity index (χ4n) is 1.61. The molecule has 1 N–H and O–H groups in total. The second-order valence-electron chi connectivity index (χ2n) is 3.85. The Hall–Kier alpha value is -0.650. The van der Waals surface area contributed by atoms with Gasteiger partial charge in [0.2, 0.25) is 0 Å². The molecule has 2 rings (SSSR count). The van der Waals surface area contributed by atoms with E-state index in [2.05, 4.69) is 37.2 Å². The maximum absolute atomic E-state index is 13.3. The lowest BCUT2D eigenvalue weighted by atomic mass is 10.1. The lowest BCUT2D eigenvalue weighted by Crippen LogP contribution is -2.16. The molecule has 2 nitrogen and oxygen atoms in total. The Kier molecular flexibility index (Phi) is 4.97. The minimum atomic E-state index is -0.150. The van der Waals surface area contributed by atoms with E-state index >= 15 is 0 Å². The van der Waals surface area contributed by atoms with Crippen LogP contribution in [0.3, 0.4) is 0 Å². The van der Waals surface area contributed by atoms with Crippen LogP contribution in [0.1, 0.15) is 11.3 Å². The van der Waals surface area contributed by atoms with Crippen LogP contribution in [0.2, 0.25) is 0 Å². The van der Waals surface area contributed by atoms with Gasteiger partial charge in [0, 0.05) is 0 Å². The summed E-state index contributed by atoms with van der Waals surface area (Å²) in [4.78, 5) is 0. The summed E-state index contributed by atoms with van der Waals surface area (Å²) in [6.07, 6.45) is 0.662. The van der Waals surface area contributed by atoms with Crippen LogP contribution < -0.4 is 5.32 Å². The molecule has 1 heterocycles. The second-order valence-corrected chi connectivity index (χ2v) is 5.43. The van der Waals surface area contributed by atoms with Gasteiger partial charge in [-0.3, -0.25) is 0 Å². The van der Waals surface area contributed by atoms with Crippen LogP contribution in [0, 0.1) is 5.82 Å². The summed E-state index contributed by atoms with van der Waals surface area (Å²) in [5.41, 5.74) is 0.729. The van der Waals surface area contributed by atoms with Gasteiger partial charge < -0.3 is 9.73 Å². The molecule has 1 aromatic carbocycles. The van der Waals surface area contributed by atoms with Crippen LogP contribution in [0.25, 0.3) is 0 Å². The molecule has 0 saturated carbocycles. The third-order valence-corrected chi connectivity index (χ3v) is 4.23. The summed E-state index contributed by atoms with van der Waals surface area (Å²) in [5, 5.41) is 3.22. The van der Waals surface area contributed by atoms with Crippen molar-refractivity contribution in [2.24, 2.45) is 0 Å². The fourth-order valence-corrected chi connectivity index (χ4v) is 2.27. The zero-order valence-electron chi connectivity index (χ0n) is 9.55. The first kappa shape index (κ1) is 13.8. The maximum Gasteiger partial charge on any atom is 0.183 e. The molecule has 1 aromatic heterocycles. The van der Waals surface area contributed by atoms with Crippen molar-refractivity contribution in [1.29, 1.82) is 0 Å². The fraction of sp³-hybridized carbons (Fsp3) is 0.231. The average Bonchev–Trinajstić information content (AvgIpc) is 2.66. The highest BCUT2D eigenvalue weighted by atomic mass is 79.9. The van der Waals surface area contributed by atoms with Gasteiger partial charge in [0.25, 0.3) is 0 Å². The Morgan fingerprint density at radius 3 is 2.67 bits per heavy atom. The lowest BCUT2D eigenvalue weighted by Gasteiger charge is -2.04. The predicted octanol–water partition coefficient (Wildman–Crippen LogP) is 4.28.